The number of aryl methyl sites for hydroxylation is 1. The molecule has 0 saturated heterocycles. The van der Waals surface area contributed by atoms with Crippen LogP contribution in [0.25, 0.3) is 11.4 Å². The second-order valence-electron chi connectivity index (χ2n) is 8.66. The summed E-state index contributed by atoms with van der Waals surface area (Å²) >= 11 is 1.51. The molecule has 2 aromatic heterocycles. The molecule has 1 aromatic carbocycles. The molecule has 35 heavy (non-hydrogen) atoms. The molecule has 3 heterocycles. The number of ether oxygens (including phenoxy) is 2. The maximum Gasteiger partial charge on any atom is 0.408 e. The van der Waals surface area contributed by atoms with E-state index in [0.717, 1.165) is 22.6 Å². The van der Waals surface area contributed by atoms with Crippen molar-refractivity contribution in [1.29, 1.82) is 0 Å². The quantitative estimate of drug-likeness (QED) is 0.526. The minimum atomic E-state index is -0.671. The molecule has 1 aliphatic heterocycles. The number of benzene rings is 1. The maximum absolute atomic E-state index is 12.5. The third-order valence-electron chi connectivity index (χ3n) is 4.87. The molecule has 0 fully saturated rings. The highest BCUT2D eigenvalue weighted by Gasteiger charge is 2.23. The smallest absolute Gasteiger partial charge is 0.408 e. The average Bonchev–Trinajstić information content (AvgIpc) is 3.41. The van der Waals surface area contributed by atoms with E-state index in [1.54, 1.807) is 43.8 Å². The molecule has 1 aliphatic rings. The van der Waals surface area contributed by atoms with Gasteiger partial charge in [0, 0.05) is 11.3 Å². The van der Waals surface area contributed by atoms with Crippen LogP contribution < -0.4 is 15.4 Å². The second kappa shape index (κ2) is 9.82. The highest BCUT2D eigenvalue weighted by atomic mass is 32.2. The molecule has 0 atom stereocenters. The number of aromatic nitrogens is 3. The van der Waals surface area contributed by atoms with E-state index in [1.807, 2.05) is 19.1 Å². The monoisotopic (exact) mass is 498 g/mol. The van der Waals surface area contributed by atoms with Gasteiger partial charge in [-0.2, -0.15) is 9.78 Å². The first-order chi connectivity index (χ1) is 16.6. The molecule has 3 aromatic rings. The van der Waals surface area contributed by atoms with Gasteiger partial charge in [-0.15, -0.1) is 10.2 Å². The Bertz CT molecular complexity index is 1290. The van der Waals surface area contributed by atoms with E-state index in [9.17, 15) is 9.59 Å². The van der Waals surface area contributed by atoms with Gasteiger partial charge in [-0.3, -0.25) is 4.79 Å². The molecule has 184 valence electrons. The normalized spacial score (nSPS) is 13.0. The molecular weight excluding hydrogens is 472 g/mol. The number of nitrogens with one attached hydrogen (secondary N) is 2. The first-order valence-corrected chi connectivity index (χ1v) is 11.8. The van der Waals surface area contributed by atoms with E-state index in [1.165, 1.54) is 18.9 Å². The summed E-state index contributed by atoms with van der Waals surface area (Å²) in [7, 11) is 1.51. The van der Waals surface area contributed by atoms with Crippen LogP contribution in [0.1, 0.15) is 32.1 Å². The lowest BCUT2D eigenvalue weighted by Gasteiger charge is -2.19. The fraction of sp³-hybridized carbons (Fsp3) is 0.348. The third-order valence-corrected chi connectivity index (χ3v) is 5.80. The van der Waals surface area contributed by atoms with Gasteiger partial charge < -0.3 is 24.5 Å². The van der Waals surface area contributed by atoms with Gasteiger partial charge >= 0.3 is 6.09 Å². The molecule has 2 amide bonds. The molecule has 0 radical (unpaired) electrons. The van der Waals surface area contributed by atoms with E-state index >= 15 is 0 Å². The molecule has 4 rings (SSSR count). The van der Waals surface area contributed by atoms with Crippen molar-refractivity contribution in [3.05, 3.63) is 41.9 Å². The average molecular weight is 499 g/mol. The molecule has 0 bridgehead atoms. The number of nitrogens with zero attached hydrogens (tertiary/aromatic N) is 4. The molecule has 0 aliphatic carbocycles. The van der Waals surface area contributed by atoms with Crippen LogP contribution in [0.4, 0.5) is 10.5 Å². The largest absolute Gasteiger partial charge is 0.495 e. The van der Waals surface area contributed by atoms with Gasteiger partial charge in [0.2, 0.25) is 11.1 Å². The Morgan fingerprint density at radius 2 is 2.03 bits per heavy atom. The Labute approximate surface area is 206 Å². The number of alkyl carbamates (subject to hydrolysis) is 1. The standard InChI is InChI=1S/C23H26N6O5S/c1-13-15(8-9-33-13)20-26-27-21-29(20)28-17(12-35-21)14-6-7-18(32-5)16(10-14)25-19(30)11-24-22(31)34-23(2,3)4/h6-10H,11-12H2,1-5H3,(H,24,31)(H,25,30). The molecular formula is C23H26N6O5S. The van der Waals surface area contributed by atoms with Crippen LogP contribution in [-0.2, 0) is 9.53 Å². The predicted molar refractivity (Wildman–Crippen MR) is 131 cm³/mol. The fourth-order valence-corrected chi connectivity index (χ4v) is 4.14. The van der Waals surface area contributed by atoms with Gasteiger partial charge in [0.15, 0.2) is 5.82 Å². The maximum atomic E-state index is 12.5. The number of fused-ring (bicyclic) bond motifs is 1. The van der Waals surface area contributed by atoms with Crippen molar-refractivity contribution in [2.75, 3.05) is 24.7 Å². The Morgan fingerprint density at radius 3 is 2.71 bits per heavy atom. The van der Waals surface area contributed by atoms with Crippen LogP contribution in [0, 0.1) is 6.92 Å². The molecule has 11 nitrogen and oxygen atoms in total. The zero-order valence-electron chi connectivity index (χ0n) is 20.0. The summed E-state index contributed by atoms with van der Waals surface area (Å²) in [6, 6.07) is 7.22. The van der Waals surface area contributed by atoms with Gasteiger partial charge in [-0.05, 0) is 52.0 Å². The highest BCUT2D eigenvalue weighted by molar-refractivity contribution is 7.99. The van der Waals surface area contributed by atoms with Crippen LogP contribution in [-0.4, -0.2) is 57.6 Å². The number of anilines is 1. The van der Waals surface area contributed by atoms with Crippen molar-refractivity contribution in [2.45, 2.75) is 38.5 Å². The second-order valence-corrected chi connectivity index (χ2v) is 9.60. The summed E-state index contributed by atoms with van der Waals surface area (Å²) < 4.78 is 17.6. The number of rotatable bonds is 6. The Hall–Kier alpha value is -3.80. The van der Waals surface area contributed by atoms with Gasteiger partial charge in [0.05, 0.1) is 30.3 Å². The summed E-state index contributed by atoms with van der Waals surface area (Å²) in [5, 5.41) is 19.2. The summed E-state index contributed by atoms with van der Waals surface area (Å²) in [6.45, 7) is 6.84. The summed E-state index contributed by atoms with van der Waals surface area (Å²) in [5.41, 5.74) is 2.18. The van der Waals surface area contributed by atoms with Crippen LogP contribution in [0.15, 0.2) is 45.2 Å². The minimum Gasteiger partial charge on any atom is -0.495 e. The first-order valence-electron chi connectivity index (χ1n) is 10.8. The SMILES string of the molecule is COc1ccc(C2=Nn3c(nnc3-c3ccoc3C)SC2)cc1NC(=O)CNC(=O)OC(C)(C)C. The number of carbonyl (C=O) groups excluding carboxylic acids is 2. The lowest BCUT2D eigenvalue weighted by atomic mass is 10.1. The van der Waals surface area contributed by atoms with Crippen molar-refractivity contribution >= 4 is 35.2 Å². The van der Waals surface area contributed by atoms with Crippen molar-refractivity contribution < 1.29 is 23.5 Å². The zero-order valence-corrected chi connectivity index (χ0v) is 20.9. The Morgan fingerprint density at radius 1 is 1.23 bits per heavy atom. The number of amides is 2. The number of thioether (sulfide) groups is 1. The van der Waals surface area contributed by atoms with E-state index in [4.69, 9.17) is 19.0 Å². The topological polar surface area (TPSA) is 133 Å². The van der Waals surface area contributed by atoms with Gasteiger partial charge in [0.25, 0.3) is 0 Å². The van der Waals surface area contributed by atoms with Crippen LogP contribution >= 0.6 is 11.8 Å². The summed E-state index contributed by atoms with van der Waals surface area (Å²) in [4.78, 5) is 24.3. The number of furan rings is 1. The predicted octanol–water partition coefficient (Wildman–Crippen LogP) is 3.68. The zero-order chi connectivity index (χ0) is 25.2. The first kappa shape index (κ1) is 24.3. The number of carbonyl (C=O) groups is 2. The van der Waals surface area contributed by atoms with E-state index in [2.05, 4.69) is 20.8 Å². The molecule has 0 spiro atoms. The summed E-state index contributed by atoms with van der Waals surface area (Å²) in [6.07, 6.45) is 0.929. The molecule has 0 unspecified atom stereocenters. The van der Waals surface area contributed by atoms with Crippen LogP contribution in [0.5, 0.6) is 5.75 Å². The lowest BCUT2D eigenvalue weighted by molar-refractivity contribution is -0.115. The Balaban J connectivity index is 1.54. The molecule has 12 heteroatoms. The van der Waals surface area contributed by atoms with Gasteiger partial charge in [-0.1, -0.05) is 11.8 Å². The van der Waals surface area contributed by atoms with Gasteiger partial charge in [-0.25, -0.2) is 4.79 Å². The van der Waals surface area contributed by atoms with Crippen LogP contribution in [0.2, 0.25) is 0 Å². The fourth-order valence-electron chi connectivity index (χ4n) is 3.30. The van der Waals surface area contributed by atoms with Crippen molar-refractivity contribution in [1.82, 2.24) is 20.2 Å². The third kappa shape index (κ3) is 5.65. The van der Waals surface area contributed by atoms with Crippen molar-refractivity contribution in [2.24, 2.45) is 5.10 Å². The Kier molecular flexibility index (Phi) is 6.83. The van der Waals surface area contributed by atoms with Crippen molar-refractivity contribution in [3.8, 4) is 17.1 Å². The number of methoxy groups -OCH3 is 1. The van der Waals surface area contributed by atoms with Crippen LogP contribution in [0.3, 0.4) is 0 Å². The van der Waals surface area contributed by atoms with E-state index in [-0.39, 0.29) is 6.54 Å². The van der Waals surface area contributed by atoms with E-state index in [0.29, 0.717) is 28.2 Å². The molecule has 2 N–H and O–H groups in total. The van der Waals surface area contributed by atoms with Crippen molar-refractivity contribution in [3.63, 3.8) is 0 Å². The highest BCUT2D eigenvalue weighted by Crippen LogP contribution is 2.32. The lowest BCUT2D eigenvalue weighted by Crippen LogP contribution is -2.37. The van der Waals surface area contributed by atoms with Gasteiger partial charge in [0.1, 0.15) is 23.7 Å². The summed E-state index contributed by atoms with van der Waals surface area (Å²) in [5.74, 6) is 1.93. The molecule has 0 saturated carbocycles. The minimum absolute atomic E-state index is 0.253. The van der Waals surface area contributed by atoms with E-state index < -0.39 is 17.6 Å². The number of hydrogen-bond donors (Lipinski definition) is 2. The number of hydrogen-bond acceptors (Lipinski definition) is 9.